The molecule has 70 valence electrons. The summed E-state index contributed by atoms with van der Waals surface area (Å²) < 4.78 is 5.69. The molecule has 0 radical (unpaired) electrons. The molecule has 1 saturated heterocycles. The second kappa shape index (κ2) is 3.35. The highest BCUT2D eigenvalue weighted by Gasteiger charge is 2.34. The van der Waals surface area contributed by atoms with E-state index in [9.17, 15) is 0 Å². The van der Waals surface area contributed by atoms with Crippen LogP contribution in [0.4, 0.5) is 0 Å². The molecule has 2 nitrogen and oxygen atoms in total. The van der Waals surface area contributed by atoms with Gasteiger partial charge in [-0.2, -0.15) is 0 Å². The number of hydrogen-bond donors (Lipinski definition) is 0. The Morgan fingerprint density at radius 3 is 2.83 bits per heavy atom. The lowest BCUT2D eigenvalue weighted by atomic mass is 9.83. The molecule has 0 bridgehead atoms. The maximum atomic E-state index is 5.69. The Morgan fingerprint density at radius 2 is 2.00 bits per heavy atom. The molecule has 1 aliphatic carbocycles. The normalized spacial score (nSPS) is 44.0. The van der Waals surface area contributed by atoms with Crippen molar-refractivity contribution in [1.82, 2.24) is 4.90 Å². The molecule has 2 heteroatoms. The van der Waals surface area contributed by atoms with Crippen LogP contribution in [0.25, 0.3) is 0 Å². The fraction of sp³-hybridized carbons (Fsp3) is 1.00. The van der Waals surface area contributed by atoms with Gasteiger partial charge in [0.05, 0.1) is 6.61 Å². The van der Waals surface area contributed by atoms with Gasteiger partial charge in [-0.1, -0.05) is 12.8 Å². The van der Waals surface area contributed by atoms with E-state index in [0.29, 0.717) is 6.23 Å². The van der Waals surface area contributed by atoms with E-state index in [1.54, 1.807) is 0 Å². The van der Waals surface area contributed by atoms with Crippen LogP contribution in [0.1, 0.15) is 32.6 Å². The molecule has 0 spiro atoms. The van der Waals surface area contributed by atoms with Crippen molar-refractivity contribution >= 4 is 0 Å². The van der Waals surface area contributed by atoms with Crippen LogP contribution < -0.4 is 0 Å². The van der Waals surface area contributed by atoms with Gasteiger partial charge in [-0.3, -0.25) is 4.90 Å². The van der Waals surface area contributed by atoms with E-state index in [-0.39, 0.29) is 0 Å². The standard InChI is InChI=1S/C10H19NO/c1-8-11(2)10-6-4-3-5-9(10)7-12-8/h8-10H,3-7H2,1-2H3/t8-,9+,10-/m0/s1. The zero-order valence-corrected chi connectivity index (χ0v) is 8.12. The van der Waals surface area contributed by atoms with Gasteiger partial charge >= 0.3 is 0 Å². The van der Waals surface area contributed by atoms with Crippen molar-refractivity contribution in [2.45, 2.75) is 44.9 Å². The molecule has 2 fully saturated rings. The summed E-state index contributed by atoms with van der Waals surface area (Å²) in [6.45, 7) is 3.15. The van der Waals surface area contributed by atoms with Crippen molar-refractivity contribution in [3.8, 4) is 0 Å². The van der Waals surface area contributed by atoms with Crippen molar-refractivity contribution in [3.05, 3.63) is 0 Å². The fourth-order valence-electron chi connectivity index (χ4n) is 2.57. The second-order valence-corrected chi connectivity index (χ2v) is 4.21. The lowest BCUT2D eigenvalue weighted by Gasteiger charge is -2.45. The van der Waals surface area contributed by atoms with E-state index >= 15 is 0 Å². The largest absolute Gasteiger partial charge is 0.363 e. The number of ether oxygens (including phenoxy) is 1. The van der Waals surface area contributed by atoms with Crippen LogP contribution in [-0.4, -0.2) is 30.8 Å². The molecule has 2 rings (SSSR count). The fourth-order valence-corrected chi connectivity index (χ4v) is 2.57. The Hall–Kier alpha value is -0.0800. The van der Waals surface area contributed by atoms with Crippen molar-refractivity contribution in [2.24, 2.45) is 5.92 Å². The molecular weight excluding hydrogens is 150 g/mol. The third-order valence-electron chi connectivity index (χ3n) is 3.52. The molecule has 1 heterocycles. The molecule has 0 unspecified atom stereocenters. The van der Waals surface area contributed by atoms with E-state index < -0.39 is 0 Å². The van der Waals surface area contributed by atoms with Gasteiger partial charge in [0.15, 0.2) is 0 Å². The van der Waals surface area contributed by atoms with Crippen molar-refractivity contribution in [1.29, 1.82) is 0 Å². The Balaban J connectivity index is 2.03. The van der Waals surface area contributed by atoms with Crippen LogP contribution in [0.3, 0.4) is 0 Å². The summed E-state index contributed by atoms with van der Waals surface area (Å²) in [6, 6.07) is 0.808. The molecule has 0 N–H and O–H groups in total. The molecule has 0 aromatic carbocycles. The van der Waals surface area contributed by atoms with Crippen molar-refractivity contribution in [2.75, 3.05) is 13.7 Å². The highest BCUT2D eigenvalue weighted by atomic mass is 16.5. The first-order chi connectivity index (χ1) is 5.79. The molecule has 1 aliphatic heterocycles. The number of fused-ring (bicyclic) bond motifs is 1. The first kappa shape index (κ1) is 8.52. The van der Waals surface area contributed by atoms with Gasteiger partial charge < -0.3 is 4.74 Å². The minimum absolute atomic E-state index is 0.337. The van der Waals surface area contributed by atoms with E-state index in [0.717, 1.165) is 18.6 Å². The van der Waals surface area contributed by atoms with Crippen LogP contribution in [-0.2, 0) is 4.74 Å². The van der Waals surface area contributed by atoms with E-state index in [1.165, 1.54) is 25.7 Å². The van der Waals surface area contributed by atoms with Gasteiger partial charge in [-0.25, -0.2) is 0 Å². The van der Waals surface area contributed by atoms with E-state index in [2.05, 4.69) is 18.9 Å². The van der Waals surface area contributed by atoms with Gasteiger partial charge in [-0.05, 0) is 32.7 Å². The minimum Gasteiger partial charge on any atom is -0.363 e. The number of rotatable bonds is 0. The molecule has 1 saturated carbocycles. The summed E-state index contributed by atoms with van der Waals surface area (Å²) in [6.07, 6.45) is 5.92. The average molecular weight is 169 g/mol. The van der Waals surface area contributed by atoms with Gasteiger partial charge in [0, 0.05) is 6.04 Å². The summed E-state index contributed by atoms with van der Waals surface area (Å²) >= 11 is 0. The van der Waals surface area contributed by atoms with Crippen LogP contribution in [0.15, 0.2) is 0 Å². The summed E-state index contributed by atoms with van der Waals surface area (Å²) in [5.41, 5.74) is 0. The van der Waals surface area contributed by atoms with E-state index in [4.69, 9.17) is 4.74 Å². The molecular formula is C10H19NO. The smallest absolute Gasteiger partial charge is 0.107 e. The van der Waals surface area contributed by atoms with Gasteiger partial charge in [0.25, 0.3) is 0 Å². The molecule has 3 atom stereocenters. The maximum Gasteiger partial charge on any atom is 0.107 e. The molecule has 0 aromatic heterocycles. The quantitative estimate of drug-likeness (QED) is 0.549. The third kappa shape index (κ3) is 1.38. The Labute approximate surface area is 74.9 Å². The predicted molar refractivity (Wildman–Crippen MR) is 48.9 cm³/mol. The molecule has 12 heavy (non-hydrogen) atoms. The Kier molecular flexibility index (Phi) is 2.37. The molecule has 0 amide bonds. The zero-order chi connectivity index (χ0) is 8.55. The maximum absolute atomic E-state index is 5.69. The second-order valence-electron chi connectivity index (χ2n) is 4.21. The van der Waals surface area contributed by atoms with Crippen LogP contribution >= 0.6 is 0 Å². The predicted octanol–water partition coefficient (Wildman–Crippen LogP) is 1.85. The van der Waals surface area contributed by atoms with E-state index in [1.807, 2.05) is 0 Å². The van der Waals surface area contributed by atoms with Crippen LogP contribution in [0, 0.1) is 5.92 Å². The first-order valence-electron chi connectivity index (χ1n) is 5.12. The highest BCUT2D eigenvalue weighted by molar-refractivity contribution is 4.85. The van der Waals surface area contributed by atoms with Crippen molar-refractivity contribution < 1.29 is 4.74 Å². The summed E-state index contributed by atoms with van der Waals surface area (Å²) in [5, 5.41) is 0. The Bertz CT molecular complexity index is 158. The lowest BCUT2D eigenvalue weighted by molar-refractivity contribution is -0.138. The monoisotopic (exact) mass is 169 g/mol. The highest BCUT2D eigenvalue weighted by Crippen LogP contribution is 2.32. The summed E-state index contributed by atoms with van der Waals surface area (Å²) in [5.74, 6) is 0.819. The average Bonchev–Trinajstić information content (AvgIpc) is 2.12. The first-order valence-corrected chi connectivity index (χ1v) is 5.12. The SMILES string of the molecule is C[C@@H]1OC[C@H]2CCCC[C@@H]2N1C. The molecule has 0 aromatic rings. The number of nitrogens with zero attached hydrogens (tertiary/aromatic N) is 1. The van der Waals surface area contributed by atoms with Crippen LogP contribution in [0.5, 0.6) is 0 Å². The number of hydrogen-bond acceptors (Lipinski definition) is 2. The lowest BCUT2D eigenvalue weighted by Crippen LogP contribution is -2.52. The summed E-state index contributed by atoms with van der Waals surface area (Å²) in [4.78, 5) is 2.41. The van der Waals surface area contributed by atoms with Crippen LogP contribution in [0.2, 0.25) is 0 Å². The topological polar surface area (TPSA) is 12.5 Å². The molecule has 2 aliphatic rings. The van der Waals surface area contributed by atoms with Crippen molar-refractivity contribution in [3.63, 3.8) is 0 Å². The summed E-state index contributed by atoms with van der Waals surface area (Å²) in [7, 11) is 2.20. The minimum atomic E-state index is 0.337. The Morgan fingerprint density at radius 1 is 1.25 bits per heavy atom. The third-order valence-corrected chi connectivity index (χ3v) is 3.52. The van der Waals surface area contributed by atoms with Gasteiger partial charge in [0.1, 0.15) is 6.23 Å². The van der Waals surface area contributed by atoms with Gasteiger partial charge in [-0.15, -0.1) is 0 Å². The van der Waals surface area contributed by atoms with Gasteiger partial charge in [0.2, 0.25) is 0 Å². The zero-order valence-electron chi connectivity index (χ0n) is 8.12.